The minimum Gasteiger partial charge on any atom is -0.464 e. The number of esters is 1. The Bertz CT molecular complexity index is 606. The van der Waals surface area contributed by atoms with E-state index >= 15 is 0 Å². The predicted molar refractivity (Wildman–Crippen MR) is 73.2 cm³/mol. The zero-order chi connectivity index (χ0) is 14.0. The molecule has 1 unspecified atom stereocenters. The van der Waals surface area contributed by atoms with Crippen molar-refractivity contribution in [2.24, 2.45) is 0 Å². The smallest absolute Gasteiger partial charge is 0.358 e. The van der Waals surface area contributed by atoms with E-state index in [1.54, 1.807) is 12.1 Å². The molecule has 0 aliphatic heterocycles. The number of ether oxygens (including phenoxy) is 1. The monoisotopic (exact) mass is 262 g/mol. The van der Waals surface area contributed by atoms with Crippen LogP contribution in [0.1, 0.15) is 23.2 Å². The van der Waals surface area contributed by atoms with Crippen LogP contribution in [0.5, 0.6) is 0 Å². The fourth-order valence-electron chi connectivity index (χ4n) is 1.93. The Morgan fingerprint density at radius 1 is 1.63 bits per heavy atom. The molecule has 2 heterocycles. The molecule has 102 valence electrons. The average molecular weight is 262 g/mol. The first-order valence-corrected chi connectivity index (χ1v) is 6.08. The first kappa shape index (κ1) is 13.4. The Morgan fingerprint density at radius 3 is 3.00 bits per heavy atom. The molecular formula is C13H18N4O2. The second-order valence-corrected chi connectivity index (χ2v) is 4.48. The number of hydrogen-bond donors (Lipinski definition) is 2. The van der Waals surface area contributed by atoms with E-state index in [-0.39, 0.29) is 6.04 Å². The first-order chi connectivity index (χ1) is 9.06. The molecule has 0 spiro atoms. The summed E-state index contributed by atoms with van der Waals surface area (Å²) >= 11 is 0. The summed E-state index contributed by atoms with van der Waals surface area (Å²) < 4.78 is 6.63. The summed E-state index contributed by atoms with van der Waals surface area (Å²) in [6.45, 7) is 2.05. The van der Waals surface area contributed by atoms with Gasteiger partial charge in [-0.3, -0.25) is 0 Å². The van der Waals surface area contributed by atoms with Crippen LogP contribution in [-0.4, -0.2) is 35.6 Å². The maximum atomic E-state index is 11.8. The Morgan fingerprint density at radius 2 is 2.37 bits per heavy atom. The summed E-state index contributed by atoms with van der Waals surface area (Å²) in [5.74, 6) is 0.351. The number of aromatic nitrogens is 2. The fraction of sp³-hybridized carbons (Fsp3) is 0.385. The molecule has 2 aromatic rings. The highest BCUT2D eigenvalue weighted by Gasteiger charge is 2.19. The van der Waals surface area contributed by atoms with Crippen LogP contribution in [0.15, 0.2) is 18.3 Å². The quantitative estimate of drug-likeness (QED) is 0.798. The van der Waals surface area contributed by atoms with E-state index in [0.29, 0.717) is 23.3 Å². The number of nitrogen functional groups attached to an aromatic ring is 1. The number of imidazole rings is 1. The van der Waals surface area contributed by atoms with Gasteiger partial charge in [-0.15, -0.1) is 0 Å². The van der Waals surface area contributed by atoms with Gasteiger partial charge in [0, 0.05) is 24.3 Å². The zero-order valence-electron chi connectivity index (χ0n) is 11.3. The van der Waals surface area contributed by atoms with Crippen molar-refractivity contribution in [2.75, 3.05) is 19.9 Å². The van der Waals surface area contributed by atoms with E-state index < -0.39 is 5.97 Å². The first-order valence-electron chi connectivity index (χ1n) is 6.08. The number of methoxy groups -OCH3 is 1. The van der Waals surface area contributed by atoms with Crippen LogP contribution in [0.25, 0.3) is 5.52 Å². The molecule has 1 atom stereocenters. The lowest BCUT2D eigenvalue weighted by atomic mass is 10.2. The van der Waals surface area contributed by atoms with E-state index in [0.717, 1.165) is 5.82 Å². The predicted octanol–water partition coefficient (Wildman–Crippen LogP) is 0.853. The molecule has 0 fully saturated rings. The molecule has 0 aliphatic carbocycles. The molecule has 3 N–H and O–H groups in total. The number of anilines is 1. The van der Waals surface area contributed by atoms with Crippen LogP contribution in [0.3, 0.4) is 0 Å². The highest BCUT2D eigenvalue weighted by atomic mass is 16.5. The number of likely N-dealkylation sites (N-methyl/N-ethyl adjacent to an activating group) is 1. The standard InChI is InChI=1S/C13H18N4O2/c1-8(15-2)6-11-16-12(13(18)19-3)10-7-9(14)4-5-17(10)11/h4-5,7-8,15H,6,14H2,1-3H3. The van der Waals surface area contributed by atoms with Gasteiger partial charge >= 0.3 is 5.97 Å². The second kappa shape index (κ2) is 5.27. The number of hydrogen-bond acceptors (Lipinski definition) is 5. The number of nitrogens with one attached hydrogen (secondary N) is 1. The van der Waals surface area contributed by atoms with Gasteiger partial charge in [0.05, 0.1) is 12.6 Å². The van der Waals surface area contributed by atoms with Crippen molar-refractivity contribution in [1.82, 2.24) is 14.7 Å². The summed E-state index contributed by atoms with van der Waals surface area (Å²) in [7, 11) is 3.23. The van der Waals surface area contributed by atoms with Gasteiger partial charge in [-0.2, -0.15) is 0 Å². The molecule has 0 amide bonds. The highest BCUT2D eigenvalue weighted by Crippen LogP contribution is 2.18. The Hall–Kier alpha value is -2.08. The van der Waals surface area contributed by atoms with Gasteiger partial charge in [-0.05, 0) is 26.1 Å². The molecular weight excluding hydrogens is 244 g/mol. The van der Waals surface area contributed by atoms with Gasteiger partial charge < -0.3 is 20.2 Å². The van der Waals surface area contributed by atoms with Crippen LogP contribution < -0.4 is 11.1 Å². The van der Waals surface area contributed by atoms with Crippen molar-refractivity contribution in [1.29, 1.82) is 0 Å². The maximum absolute atomic E-state index is 11.8. The molecule has 0 aliphatic rings. The summed E-state index contributed by atoms with van der Waals surface area (Å²) in [6.07, 6.45) is 2.53. The van der Waals surface area contributed by atoms with Crippen LogP contribution in [0.2, 0.25) is 0 Å². The van der Waals surface area contributed by atoms with Crippen LogP contribution in [0.4, 0.5) is 5.69 Å². The topological polar surface area (TPSA) is 81.6 Å². The van der Waals surface area contributed by atoms with Crippen LogP contribution in [-0.2, 0) is 11.2 Å². The number of nitrogens with zero attached hydrogens (tertiary/aromatic N) is 2. The van der Waals surface area contributed by atoms with Crippen molar-refractivity contribution in [3.63, 3.8) is 0 Å². The van der Waals surface area contributed by atoms with Crippen molar-refractivity contribution in [3.05, 3.63) is 29.8 Å². The lowest BCUT2D eigenvalue weighted by molar-refractivity contribution is 0.0597. The molecule has 0 radical (unpaired) electrons. The Kier molecular flexibility index (Phi) is 3.71. The van der Waals surface area contributed by atoms with E-state index in [9.17, 15) is 4.79 Å². The van der Waals surface area contributed by atoms with Crippen LogP contribution >= 0.6 is 0 Å². The van der Waals surface area contributed by atoms with E-state index in [2.05, 4.69) is 17.2 Å². The minimum atomic E-state index is -0.452. The number of pyridine rings is 1. The molecule has 6 nitrogen and oxygen atoms in total. The molecule has 0 saturated heterocycles. The van der Waals surface area contributed by atoms with Gasteiger partial charge in [0.1, 0.15) is 5.82 Å². The van der Waals surface area contributed by atoms with Crippen molar-refractivity contribution in [3.8, 4) is 0 Å². The molecule has 19 heavy (non-hydrogen) atoms. The van der Waals surface area contributed by atoms with E-state index in [1.807, 2.05) is 17.6 Å². The number of carbonyl (C=O) groups is 1. The normalized spacial score (nSPS) is 12.6. The zero-order valence-corrected chi connectivity index (χ0v) is 11.3. The largest absolute Gasteiger partial charge is 0.464 e. The number of fused-ring (bicyclic) bond motifs is 1. The number of carbonyl (C=O) groups excluding carboxylic acids is 1. The molecule has 6 heteroatoms. The number of nitrogens with two attached hydrogens (primary N) is 1. The molecule has 0 bridgehead atoms. The number of rotatable bonds is 4. The van der Waals surface area contributed by atoms with E-state index in [4.69, 9.17) is 10.5 Å². The molecule has 0 saturated carbocycles. The second-order valence-electron chi connectivity index (χ2n) is 4.48. The van der Waals surface area contributed by atoms with Gasteiger partial charge in [0.25, 0.3) is 0 Å². The minimum absolute atomic E-state index is 0.258. The SMILES string of the molecule is CNC(C)Cc1nc(C(=O)OC)c2cc(N)ccn12. The van der Waals surface area contributed by atoms with Gasteiger partial charge in [0.2, 0.25) is 0 Å². The van der Waals surface area contributed by atoms with Crippen molar-refractivity contribution in [2.45, 2.75) is 19.4 Å². The Balaban J connectivity index is 2.56. The van der Waals surface area contributed by atoms with E-state index in [1.165, 1.54) is 7.11 Å². The third-order valence-corrected chi connectivity index (χ3v) is 3.10. The lowest BCUT2D eigenvalue weighted by Gasteiger charge is -2.08. The third kappa shape index (κ3) is 2.53. The lowest BCUT2D eigenvalue weighted by Crippen LogP contribution is -2.24. The molecule has 0 aromatic carbocycles. The molecule has 2 aromatic heterocycles. The van der Waals surface area contributed by atoms with Crippen molar-refractivity contribution < 1.29 is 9.53 Å². The van der Waals surface area contributed by atoms with Gasteiger partial charge in [0.15, 0.2) is 5.69 Å². The van der Waals surface area contributed by atoms with Crippen LogP contribution in [0, 0.1) is 0 Å². The Labute approximate surface area is 111 Å². The average Bonchev–Trinajstić information content (AvgIpc) is 2.75. The van der Waals surface area contributed by atoms with Gasteiger partial charge in [-0.25, -0.2) is 9.78 Å². The molecule has 2 rings (SSSR count). The van der Waals surface area contributed by atoms with Gasteiger partial charge in [-0.1, -0.05) is 0 Å². The third-order valence-electron chi connectivity index (χ3n) is 3.10. The summed E-state index contributed by atoms with van der Waals surface area (Å²) in [4.78, 5) is 16.1. The summed E-state index contributed by atoms with van der Waals surface area (Å²) in [5.41, 5.74) is 7.32. The van der Waals surface area contributed by atoms with Crippen molar-refractivity contribution >= 4 is 17.2 Å². The fourth-order valence-corrected chi connectivity index (χ4v) is 1.93. The summed E-state index contributed by atoms with van der Waals surface area (Å²) in [5, 5.41) is 3.15. The maximum Gasteiger partial charge on any atom is 0.358 e. The summed E-state index contributed by atoms with van der Waals surface area (Å²) in [6, 6.07) is 3.77. The highest BCUT2D eigenvalue weighted by molar-refractivity contribution is 5.95.